The smallest absolute Gasteiger partial charge is 0.147 e. The lowest BCUT2D eigenvalue weighted by molar-refractivity contribution is 0.563. The maximum Gasteiger partial charge on any atom is 0.147 e. The maximum absolute atomic E-state index is 6.24. The van der Waals surface area contributed by atoms with E-state index in [0.717, 1.165) is 16.9 Å². The molecule has 5 heteroatoms. The summed E-state index contributed by atoms with van der Waals surface area (Å²) in [5.41, 5.74) is 7.58. The van der Waals surface area contributed by atoms with Crippen LogP contribution >= 0.6 is 11.6 Å². The van der Waals surface area contributed by atoms with Gasteiger partial charge in [-0.1, -0.05) is 11.6 Å². The van der Waals surface area contributed by atoms with Gasteiger partial charge in [0.15, 0.2) is 0 Å². The van der Waals surface area contributed by atoms with E-state index in [2.05, 4.69) is 4.98 Å². The zero-order valence-corrected chi connectivity index (χ0v) is 10.3. The number of pyridine rings is 1. The predicted molar refractivity (Wildman–Crippen MR) is 68.0 cm³/mol. The zero-order chi connectivity index (χ0) is 12.3. The standard InChI is InChI=1S/C12H14ClN3O/c1-16(7-9-3-5-17-8-9)12-11(13)10(6-14)2-4-15-12/h2-5,8H,6-7,14H2,1H3. The van der Waals surface area contributed by atoms with Gasteiger partial charge in [0.2, 0.25) is 0 Å². The van der Waals surface area contributed by atoms with Gasteiger partial charge in [0.05, 0.1) is 17.5 Å². The number of aromatic nitrogens is 1. The van der Waals surface area contributed by atoms with E-state index in [1.807, 2.05) is 24.1 Å². The molecule has 0 atom stereocenters. The lowest BCUT2D eigenvalue weighted by Crippen LogP contribution is -2.18. The second-order valence-electron chi connectivity index (χ2n) is 3.80. The van der Waals surface area contributed by atoms with E-state index in [9.17, 15) is 0 Å². The first-order valence-corrected chi connectivity index (χ1v) is 5.66. The molecule has 2 N–H and O–H groups in total. The summed E-state index contributed by atoms with van der Waals surface area (Å²) in [6, 6.07) is 3.74. The molecule has 0 fully saturated rings. The van der Waals surface area contributed by atoms with Crippen LogP contribution in [0, 0.1) is 0 Å². The Morgan fingerprint density at radius 3 is 2.94 bits per heavy atom. The monoisotopic (exact) mass is 251 g/mol. The van der Waals surface area contributed by atoms with Crippen molar-refractivity contribution in [1.82, 2.24) is 4.98 Å². The van der Waals surface area contributed by atoms with Gasteiger partial charge in [-0.15, -0.1) is 0 Å². The van der Waals surface area contributed by atoms with Gasteiger partial charge in [-0.05, 0) is 17.7 Å². The molecular weight excluding hydrogens is 238 g/mol. The van der Waals surface area contributed by atoms with E-state index < -0.39 is 0 Å². The van der Waals surface area contributed by atoms with Crippen LogP contribution < -0.4 is 10.6 Å². The van der Waals surface area contributed by atoms with Crippen molar-refractivity contribution in [1.29, 1.82) is 0 Å². The van der Waals surface area contributed by atoms with E-state index in [0.29, 0.717) is 18.1 Å². The molecule has 2 aromatic rings. The third-order valence-corrected chi connectivity index (χ3v) is 2.94. The lowest BCUT2D eigenvalue weighted by atomic mass is 10.2. The van der Waals surface area contributed by atoms with Crippen LogP contribution in [0.15, 0.2) is 35.3 Å². The third-order valence-electron chi connectivity index (χ3n) is 2.53. The van der Waals surface area contributed by atoms with Crippen LogP contribution in [0.1, 0.15) is 11.1 Å². The van der Waals surface area contributed by atoms with Gasteiger partial charge in [-0.2, -0.15) is 0 Å². The Kier molecular flexibility index (Phi) is 3.66. The highest BCUT2D eigenvalue weighted by molar-refractivity contribution is 6.33. The number of anilines is 1. The van der Waals surface area contributed by atoms with E-state index >= 15 is 0 Å². The fourth-order valence-corrected chi connectivity index (χ4v) is 1.96. The molecule has 0 saturated carbocycles. The molecule has 0 aliphatic rings. The second-order valence-corrected chi connectivity index (χ2v) is 4.18. The summed E-state index contributed by atoms with van der Waals surface area (Å²) in [5, 5.41) is 0.612. The molecule has 4 nitrogen and oxygen atoms in total. The molecule has 17 heavy (non-hydrogen) atoms. The van der Waals surface area contributed by atoms with Gasteiger partial charge >= 0.3 is 0 Å². The molecular formula is C12H14ClN3O. The van der Waals surface area contributed by atoms with Crippen LogP contribution in [0.25, 0.3) is 0 Å². The predicted octanol–water partition coefficient (Wildman–Crippen LogP) is 2.42. The van der Waals surface area contributed by atoms with Crippen molar-refractivity contribution in [3.8, 4) is 0 Å². The number of nitrogens with two attached hydrogens (primary N) is 1. The van der Waals surface area contributed by atoms with Crippen molar-refractivity contribution in [2.24, 2.45) is 5.73 Å². The number of furan rings is 1. The Labute approximate surface area is 105 Å². The van der Waals surface area contributed by atoms with Crippen LogP contribution in [0.4, 0.5) is 5.82 Å². The van der Waals surface area contributed by atoms with Crippen molar-refractivity contribution < 1.29 is 4.42 Å². The molecule has 2 rings (SSSR count). The Morgan fingerprint density at radius 2 is 2.29 bits per heavy atom. The van der Waals surface area contributed by atoms with Crippen LogP contribution in [0.3, 0.4) is 0 Å². The quantitative estimate of drug-likeness (QED) is 0.907. The van der Waals surface area contributed by atoms with Crippen molar-refractivity contribution in [3.63, 3.8) is 0 Å². The van der Waals surface area contributed by atoms with Crippen molar-refractivity contribution in [2.75, 3.05) is 11.9 Å². The Bertz CT molecular complexity index is 485. The first-order chi connectivity index (χ1) is 8.22. The van der Waals surface area contributed by atoms with Gasteiger partial charge in [-0.25, -0.2) is 4.98 Å². The van der Waals surface area contributed by atoms with Crippen LogP contribution in [0.2, 0.25) is 5.02 Å². The summed E-state index contributed by atoms with van der Waals surface area (Å²) in [7, 11) is 1.93. The van der Waals surface area contributed by atoms with Gasteiger partial charge in [0.25, 0.3) is 0 Å². The Balaban J connectivity index is 2.22. The average Bonchev–Trinajstić information content (AvgIpc) is 2.82. The number of rotatable bonds is 4. The molecule has 0 saturated heterocycles. The SMILES string of the molecule is CN(Cc1ccoc1)c1nccc(CN)c1Cl. The summed E-state index contributed by atoms with van der Waals surface area (Å²) in [5.74, 6) is 0.732. The van der Waals surface area contributed by atoms with E-state index in [4.69, 9.17) is 21.8 Å². The van der Waals surface area contributed by atoms with Gasteiger partial charge in [0, 0.05) is 31.9 Å². The maximum atomic E-state index is 6.24. The van der Waals surface area contributed by atoms with Gasteiger partial charge in [0.1, 0.15) is 5.82 Å². The number of hydrogen-bond acceptors (Lipinski definition) is 4. The fraction of sp³-hybridized carbons (Fsp3) is 0.250. The fourth-order valence-electron chi connectivity index (χ4n) is 1.63. The minimum Gasteiger partial charge on any atom is -0.472 e. The summed E-state index contributed by atoms with van der Waals surface area (Å²) in [6.45, 7) is 1.10. The van der Waals surface area contributed by atoms with Crippen LogP contribution in [-0.4, -0.2) is 12.0 Å². The van der Waals surface area contributed by atoms with Gasteiger partial charge in [-0.3, -0.25) is 0 Å². The highest BCUT2D eigenvalue weighted by Crippen LogP contribution is 2.26. The van der Waals surface area contributed by atoms with Crippen molar-refractivity contribution in [3.05, 3.63) is 47.0 Å². The minimum atomic E-state index is 0.411. The molecule has 0 spiro atoms. The van der Waals surface area contributed by atoms with Gasteiger partial charge < -0.3 is 15.1 Å². The summed E-state index contributed by atoms with van der Waals surface area (Å²) < 4.78 is 5.03. The molecule has 2 aromatic heterocycles. The molecule has 2 heterocycles. The van der Waals surface area contributed by atoms with Crippen molar-refractivity contribution >= 4 is 17.4 Å². The molecule has 0 radical (unpaired) electrons. The Morgan fingerprint density at radius 1 is 1.47 bits per heavy atom. The van der Waals surface area contributed by atoms with Crippen molar-refractivity contribution in [2.45, 2.75) is 13.1 Å². The second kappa shape index (κ2) is 5.21. The summed E-state index contributed by atoms with van der Waals surface area (Å²) >= 11 is 6.24. The molecule has 0 unspecified atom stereocenters. The molecule has 0 aliphatic heterocycles. The Hall–Kier alpha value is -1.52. The minimum absolute atomic E-state index is 0.411. The largest absolute Gasteiger partial charge is 0.472 e. The highest BCUT2D eigenvalue weighted by atomic mass is 35.5. The van der Waals surface area contributed by atoms with E-state index in [-0.39, 0.29) is 0 Å². The zero-order valence-electron chi connectivity index (χ0n) is 9.56. The normalized spacial score (nSPS) is 10.5. The van der Waals surface area contributed by atoms with Crippen LogP contribution in [-0.2, 0) is 13.1 Å². The number of nitrogens with zero attached hydrogens (tertiary/aromatic N) is 2. The first-order valence-electron chi connectivity index (χ1n) is 5.28. The van der Waals surface area contributed by atoms with E-state index in [1.54, 1.807) is 18.7 Å². The first kappa shape index (κ1) is 12.0. The molecule has 0 aromatic carbocycles. The summed E-state index contributed by atoms with van der Waals surface area (Å²) in [6.07, 6.45) is 5.07. The number of hydrogen-bond donors (Lipinski definition) is 1. The topological polar surface area (TPSA) is 55.3 Å². The van der Waals surface area contributed by atoms with E-state index in [1.165, 1.54) is 0 Å². The lowest BCUT2D eigenvalue weighted by Gasteiger charge is -2.19. The average molecular weight is 252 g/mol. The highest BCUT2D eigenvalue weighted by Gasteiger charge is 2.11. The molecule has 90 valence electrons. The molecule has 0 bridgehead atoms. The molecule has 0 amide bonds. The third kappa shape index (κ3) is 2.60. The van der Waals surface area contributed by atoms with Crippen LogP contribution in [0.5, 0.6) is 0 Å². The number of halogens is 1. The molecule has 0 aliphatic carbocycles. The summed E-state index contributed by atoms with van der Waals surface area (Å²) in [4.78, 5) is 6.24.